The molecule has 0 bridgehead atoms. The molecular weight excluding hydrogens is 633 g/mol. The van der Waals surface area contributed by atoms with Crippen LogP contribution in [0, 0.1) is 39.2 Å². The highest BCUT2D eigenvalue weighted by Gasteiger charge is 2.31. The molecule has 1 fully saturated rings. The first-order valence-corrected chi connectivity index (χ1v) is 13.5. The van der Waals surface area contributed by atoms with Crippen LogP contribution in [0.2, 0.25) is 5.02 Å². The molecule has 0 unspecified atom stereocenters. The fraction of sp³-hybridized carbons (Fsp3) is 0.143. The van der Waals surface area contributed by atoms with Crippen molar-refractivity contribution in [3.63, 3.8) is 0 Å². The maximum atomic E-state index is 14.2. The number of nitro benzene ring substituents is 1. The molecule has 3 aromatic carbocycles. The number of piperazine rings is 1. The van der Waals surface area contributed by atoms with Gasteiger partial charge in [-0.25, -0.2) is 22.0 Å². The molecule has 0 radical (unpaired) electrons. The maximum absolute atomic E-state index is 14.2. The minimum absolute atomic E-state index is 0.0412. The van der Waals surface area contributed by atoms with E-state index in [1.54, 1.807) is 23.1 Å². The van der Waals surface area contributed by atoms with Gasteiger partial charge in [-0.05, 0) is 42.5 Å². The monoisotopic (exact) mass is 651 g/mol. The third kappa shape index (κ3) is 6.14. The predicted molar refractivity (Wildman–Crippen MR) is 157 cm³/mol. The Kier molecular flexibility index (Phi) is 8.69. The predicted octanol–water partition coefficient (Wildman–Crippen LogP) is 6.66. The number of nitrogens with one attached hydrogen (secondary N) is 2. The molecule has 1 aromatic heterocycles. The van der Waals surface area contributed by atoms with Crippen LogP contribution in [-0.4, -0.2) is 42.1 Å². The van der Waals surface area contributed by atoms with Gasteiger partial charge in [0.2, 0.25) is 5.82 Å². The summed E-state index contributed by atoms with van der Waals surface area (Å²) in [5, 5.41) is 16.5. The summed E-state index contributed by atoms with van der Waals surface area (Å²) in [6.45, 7) is 0.255. The number of non-ortho nitro benzene ring substituents is 1. The van der Waals surface area contributed by atoms with Crippen molar-refractivity contribution in [2.75, 3.05) is 41.3 Å². The molecule has 1 aliphatic heterocycles. The lowest BCUT2D eigenvalue weighted by Crippen LogP contribution is -2.47. The lowest BCUT2D eigenvalue weighted by atomic mass is 10.1. The van der Waals surface area contributed by atoms with Crippen molar-refractivity contribution in [2.45, 2.75) is 0 Å². The van der Waals surface area contributed by atoms with E-state index >= 15 is 0 Å². The van der Waals surface area contributed by atoms with E-state index in [0.29, 0.717) is 16.9 Å². The number of thiocarbonyl (C=S) groups is 1. The second kappa shape index (κ2) is 12.5. The van der Waals surface area contributed by atoms with Gasteiger partial charge in [-0.3, -0.25) is 20.2 Å². The number of carbonyl (C=O) groups is 1. The maximum Gasteiger partial charge on any atom is 0.293 e. The van der Waals surface area contributed by atoms with E-state index in [2.05, 4.69) is 10.6 Å². The van der Waals surface area contributed by atoms with E-state index in [1.165, 1.54) is 36.4 Å². The lowest BCUT2D eigenvalue weighted by molar-refractivity contribution is -0.384. The standard InChI is InChI=1S/C28H19ClF5N5O4S/c29-17-13-15(35-28(44)36-27(40)20-7-6-19(43-20)14-2-1-3-16(12-14)39(41)42)4-5-18(17)37-8-10-38(11-9-37)26-24(33)22(31)21(30)23(32)25(26)34/h1-7,12-13H,8-11H2,(H2,35,36,40,44). The van der Waals surface area contributed by atoms with Crippen LogP contribution in [0.25, 0.3) is 11.3 Å². The summed E-state index contributed by atoms with van der Waals surface area (Å²) >= 11 is 11.7. The van der Waals surface area contributed by atoms with Gasteiger partial charge >= 0.3 is 0 Å². The van der Waals surface area contributed by atoms with Crippen molar-refractivity contribution in [1.29, 1.82) is 0 Å². The summed E-state index contributed by atoms with van der Waals surface area (Å²) in [6, 6.07) is 13.4. The van der Waals surface area contributed by atoms with Gasteiger partial charge in [-0.1, -0.05) is 23.7 Å². The van der Waals surface area contributed by atoms with Crippen molar-refractivity contribution in [3.05, 3.63) is 105 Å². The highest BCUT2D eigenvalue weighted by atomic mass is 35.5. The molecule has 228 valence electrons. The number of halogens is 6. The Labute approximate surface area is 256 Å². The van der Waals surface area contributed by atoms with Crippen LogP contribution in [-0.2, 0) is 0 Å². The minimum atomic E-state index is -2.21. The second-order valence-corrected chi connectivity index (χ2v) is 10.3. The number of anilines is 3. The first-order valence-electron chi connectivity index (χ1n) is 12.7. The molecule has 5 rings (SSSR count). The van der Waals surface area contributed by atoms with Crippen LogP contribution >= 0.6 is 23.8 Å². The van der Waals surface area contributed by atoms with Crippen LogP contribution < -0.4 is 20.4 Å². The number of amides is 1. The van der Waals surface area contributed by atoms with Gasteiger partial charge in [0.1, 0.15) is 11.4 Å². The topological polar surface area (TPSA) is 104 Å². The van der Waals surface area contributed by atoms with Crippen molar-refractivity contribution >= 4 is 57.6 Å². The molecule has 1 saturated heterocycles. The van der Waals surface area contributed by atoms with E-state index < -0.39 is 45.6 Å². The molecule has 1 aliphatic rings. The first kappa shape index (κ1) is 30.7. The van der Waals surface area contributed by atoms with Crippen LogP contribution in [0.1, 0.15) is 10.6 Å². The van der Waals surface area contributed by atoms with Crippen molar-refractivity contribution in [2.24, 2.45) is 0 Å². The number of rotatable bonds is 6. The molecule has 0 spiro atoms. The number of benzene rings is 3. The molecule has 4 aromatic rings. The smallest absolute Gasteiger partial charge is 0.293 e. The van der Waals surface area contributed by atoms with Gasteiger partial charge in [0, 0.05) is 49.6 Å². The zero-order valence-electron chi connectivity index (χ0n) is 22.2. The van der Waals surface area contributed by atoms with E-state index in [1.807, 2.05) is 0 Å². The quantitative estimate of drug-likeness (QED) is 0.0596. The third-order valence-corrected chi connectivity index (χ3v) is 7.23. The van der Waals surface area contributed by atoms with E-state index in [9.17, 15) is 36.9 Å². The Morgan fingerprint density at radius 1 is 0.886 bits per heavy atom. The minimum Gasteiger partial charge on any atom is -0.451 e. The molecule has 0 saturated carbocycles. The Morgan fingerprint density at radius 2 is 1.52 bits per heavy atom. The van der Waals surface area contributed by atoms with Crippen molar-refractivity contribution < 1.29 is 36.1 Å². The van der Waals surface area contributed by atoms with Crippen LogP contribution in [0.3, 0.4) is 0 Å². The highest BCUT2D eigenvalue weighted by Crippen LogP contribution is 2.34. The van der Waals surface area contributed by atoms with Gasteiger partial charge in [0.05, 0.1) is 15.6 Å². The van der Waals surface area contributed by atoms with Crippen LogP contribution in [0.15, 0.2) is 59.0 Å². The number of hydrogen-bond donors (Lipinski definition) is 2. The molecule has 2 N–H and O–H groups in total. The molecular formula is C28H19ClF5N5O4S. The molecule has 9 nitrogen and oxygen atoms in total. The Hall–Kier alpha value is -4.76. The fourth-order valence-electron chi connectivity index (χ4n) is 4.60. The molecule has 1 amide bonds. The molecule has 0 aliphatic carbocycles. The number of hydrogen-bond acceptors (Lipinski definition) is 7. The first-order chi connectivity index (χ1) is 20.9. The van der Waals surface area contributed by atoms with Gasteiger partial charge in [0.25, 0.3) is 11.6 Å². The third-order valence-electron chi connectivity index (χ3n) is 6.73. The number of nitro groups is 1. The average molecular weight is 652 g/mol. The van der Waals surface area contributed by atoms with Gasteiger partial charge < -0.3 is 19.5 Å². The van der Waals surface area contributed by atoms with Gasteiger partial charge in [-0.2, -0.15) is 0 Å². The summed E-state index contributed by atoms with van der Waals surface area (Å²) in [7, 11) is 0. The number of furan rings is 1. The van der Waals surface area contributed by atoms with Crippen molar-refractivity contribution in [1.82, 2.24) is 5.32 Å². The van der Waals surface area contributed by atoms with Crippen molar-refractivity contribution in [3.8, 4) is 11.3 Å². The molecule has 0 atom stereocenters. The van der Waals surface area contributed by atoms with Gasteiger partial charge in [-0.15, -0.1) is 0 Å². The highest BCUT2D eigenvalue weighted by molar-refractivity contribution is 7.80. The normalized spacial score (nSPS) is 13.1. The number of nitrogens with zero attached hydrogens (tertiary/aromatic N) is 3. The summed E-state index contributed by atoms with van der Waals surface area (Å²) in [5.74, 6) is -10.5. The van der Waals surface area contributed by atoms with E-state index in [-0.39, 0.29) is 53.5 Å². The number of carbonyl (C=O) groups excluding carboxylic acids is 1. The Morgan fingerprint density at radius 3 is 2.16 bits per heavy atom. The fourth-order valence-corrected chi connectivity index (χ4v) is 5.11. The van der Waals surface area contributed by atoms with Crippen LogP contribution in [0.5, 0.6) is 0 Å². The molecule has 44 heavy (non-hydrogen) atoms. The van der Waals surface area contributed by atoms with E-state index in [4.69, 9.17) is 28.2 Å². The zero-order chi connectivity index (χ0) is 31.7. The lowest BCUT2D eigenvalue weighted by Gasteiger charge is -2.38. The Balaban J connectivity index is 1.19. The SMILES string of the molecule is O=C(NC(=S)Nc1ccc(N2CCN(c3c(F)c(F)c(F)c(F)c3F)CC2)c(Cl)c1)c1ccc(-c2cccc([N+](=O)[O-])c2)o1. The zero-order valence-corrected chi connectivity index (χ0v) is 23.7. The molecule has 16 heteroatoms. The summed E-state index contributed by atoms with van der Waals surface area (Å²) in [4.78, 5) is 26.0. The van der Waals surface area contributed by atoms with Crippen LogP contribution in [0.4, 0.5) is 44.7 Å². The van der Waals surface area contributed by atoms with Gasteiger partial charge in [0.15, 0.2) is 34.1 Å². The largest absolute Gasteiger partial charge is 0.451 e. The van der Waals surface area contributed by atoms with E-state index in [0.717, 1.165) is 4.90 Å². The second-order valence-electron chi connectivity index (χ2n) is 9.44. The summed E-state index contributed by atoms with van der Waals surface area (Å²) in [5.41, 5.74) is 0.269. The summed E-state index contributed by atoms with van der Waals surface area (Å²) < 4.78 is 74.7. The molecule has 2 heterocycles. The Bertz CT molecular complexity index is 1770. The summed E-state index contributed by atoms with van der Waals surface area (Å²) in [6.07, 6.45) is 0. The average Bonchev–Trinajstić information content (AvgIpc) is 3.51.